The second kappa shape index (κ2) is 5.02. The van der Waals surface area contributed by atoms with Crippen LogP contribution in [0.15, 0.2) is 36.5 Å². The molecule has 102 valence electrons. The zero-order chi connectivity index (χ0) is 14.1. The van der Waals surface area contributed by atoms with Crippen molar-refractivity contribution in [3.05, 3.63) is 52.9 Å². The molecule has 0 fully saturated rings. The van der Waals surface area contributed by atoms with E-state index >= 15 is 0 Å². The first-order chi connectivity index (χ1) is 9.63. The summed E-state index contributed by atoms with van der Waals surface area (Å²) in [5.41, 5.74) is 8.34. The van der Waals surface area contributed by atoms with Gasteiger partial charge in [-0.25, -0.2) is 0 Å². The Balaban J connectivity index is 1.84. The Morgan fingerprint density at radius 1 is 1.25 bits per heavy atom. The van der Waals surface area contributed by atoms with Gasteiger partial charge in [-0.15, -0.1) is 10.2 Å². The van der Waals surface area contributed by atoms with Gasteiger partial charge >= 0.3 is 0 Å². The van der Waals surface area contributed by atoms with Crippen molar-refractivity contribution in [1.82, 2.24) is 14.6 Å². The maximum atomic E-state index is 5.91. The first kappa shape index (κ1) is 12.7. The summed E-state index contributed by atoms with van der Waals surface area (Å²) in [6.45, 7) is 2.25. The predicted molar refractivity (Wildman–Crippen MR) is 77.9 cm³/mol. The average Bonchev–Trinajstić information content (AvgIpc) is 2.81. The number of ether oxygens (including phenoxy) is 1. The number of hydrogen-bond donors (Lipinski definition) is 1. The highest BCUT2D eigenvalue weighted by molar-refractivity contribution is 6.30. The molecular formula is C14H13ClN4O. The van der Waals surface area contributed by atoms with Crippen LogP contribution in [0.3, 0.4) is 0 Å². The van der Waals surface area contributed by atoms with Gasteiger partial charge < -0.3 is 10.5 Å². The normalized spacial score (nSPS) is 10.9. The Labute approximate surface area is 121 Å². The lowest BCUT2D eigenvalue weighted by Gasteiger charge is -2.06. The zero-order valence-corrected chi connectivity index (χ0v) is 11.6. The molecule has 3 aromatic rings. The number of aromatic nitrogens is 3. The molecule has 0 unspecified atom stereocenters. The molecule has 0 aliphatic carbocycles. The maximum Gasteiger partial charge on any atom is 0.175 e. The van der Waals surface area contributed by atoms with Crippen molar-refractivity contribution in [3.8, 4) is 5.75 Å². The number of aryl methyl sites for hydroxylation is 1. The van der Waals surface area contributed by atoms with Crippen molar-refractivity contribution in [2.45, 2.75) is 13.5 Å². The first-order valence-electron chi connectivity index (χ1n) is 6.11. The van der Waals surface area contributed by atoms with E-state index in [-0.39, 0.29) is 0 Å². The highest BCUT2D eigenvalue weighted by Gasteiger charge is 2.08. The summed E-state index contributed by atoms with van der Waals surface area (Å²) < 4.78 is 7.49. The predicted octanol–water partition coefficient (Wildman–Crippen LogP) is 2.85. The van der Waals surface area contributed by atoms with Gasteiger partial charge in [-0.3, -0.25) is 4.40 Å². The van der Waals surface area contributed by atoms with E-state index in [2.05, 4.69) is 10.2 Å². The third-order valence-electron chi connectivity index (χ3n) is 3.04. The van der Waals surface area contributed by atoms with Crippen LogP contribution in [0.1, 0.15) is 11.4 Å². The molecule has 0 saturated carbocycles. The van der Waals surface area contributed by atoms with E-state index < -0.39 is 0 Å². The summed E-state index contributed by atoms with van der Waals surface area (Å²) in [5.74, 6) is 1.42. The smallest absolute Gasteiger partial charge is 0.175 e. The molecule has 0 amide bonds. The fraction of sp³-hybridized carbons (Fsp3) is 0.143. The number of nitrogens with zero attached hydrogens (tertiary/aromatic N) is 3. The number of pyridine rings is 1. The highest BCUT2D eigenvalue weighted by atomic mass is 35.5. The van der Waals surface area contributed by atoms with E-state index in [1.807, 2.05) is 35.7 Å². The number of benzene rings is 1. The molecule has 2 N–H and O–H groups in total. The Hall–Kier alpha value is -2.27. The van der Waals surface area contributed by atoms with E-state index in [0.29, 0.717) is 23.1 Å². The number of anilines is 1. The number of halogens is 1. The van der Waals surface area contributed by atoms with Gasteiger partial charge in [0.15, 0.2) is 11.5 Å². The monoisotopic (exact) mass is 288 g/mol. The van der Waals surface area contributed by atoms with Crippen LogP contribution in [-0.4, -0.2) is 14.6 Å². The van der Waals surface area contributed by atoms with Crippen molar-refractivity contribution in [2.75, 3.05) is 5.73 Å². The molecule has 0 atom stereocenters. The summed E-state index contributed by atoms with van der Waals surface area (Å²) in [5, 5.41) is 8.89. The minimum absolute atomic E-state index is 0.311. The van der Waals surface area contributed by atoms with Crippen LogP contribution in [0.4, 0.5) is 5.69 Å². The fourth-order valence-corrected chi connectivity index (χ4v) is 2.00. The lowest BCUT2D eigenvalue weighted by atomic mass is 10.2. The Morgan fingerprint density at radius 2 is 2.00 bits per heavy atom. The summed E-state index contributed by atoms with van der Waals surface area (Å²) in [6.07, 6.45) is 1.81. The topological polar surface area (TPSA) is 65.4 Å². The molecule has 0 bridgehead atoms. The van der Waals surface area contributed by atoms with Gasteiger partial charge in [0.05, 0.1) is 5.69 Å². The van der Waals surface area contributed by atoms with Crippen molar-refractivity contribution in [2.24, 2.45) is 0 Å². The Morgan fingerprint density at radius 3 is 2.75 bits per heavy atom. The second-order valence-corrected chi connectivity index (χ2v) is 4.94. The van der Waals surface area contributed by atoms with E-state index in [0.717, 1.165) is 17.0 Å². The third-order valence-corrected chi connectivity index (χ3v) is 3.30. The van der Waals surface area contributed by atoms with Crippen LogP contribution in [0.25, 0.3) is 5.65 Å². The molecule has 0 spiro atoms. The molecule has 0 aliphatic heterocycles. The van der Waals surface area contributed by atoms with Crippen LogP contribution >= 0.6 is 11.6 Å². The molecule has 20 heavy (non-hydrogen) atoms. The van der Waals surface area contributed by atoms with Crippen LogP contribution in [0.2, 0.25) is 5.02 Å². The van der Waals surface area contributed by atoms with E-state index in [9.17, 15) is 0 Å². The molecule has 3 rings (SSSR count). The SMILES string of the molecule is Cc1cc2nnc(COc3ccc(Cl)cc3)n2cc1N. The Bertz CT molecular complexity index is 752. The van der Waals surface area contributed by atoms with Gasteiger partial charge in [-0.05, 0) is 42.8 Å². The van der Waals surface area contributed by atoms with E-state index in [1.54, 1.807) is 12.1 Å². The average molecular weight is 289 g/mol. The summed E-state index contributed by atoms with van der Waals surface area (Å²) in [4.78, 5) is 0. The molecule has 6 heteroatoms. The Kier molecular flexibility index (Phi) is 3.20. The standard InChI is InChI=1S/C14H13ClN4O/c1-9-6-13-17-18-14(19(13)7-12(9)16)8-20-11-4-2-10(15)3-5-11/h2-7H,8,16H2,1H3. The van der Waals surface area contributed by atoms with Gasteiger partial charge in [0.2, 0.25) is 0 Å². The quantitative estimate of drug-likeness (QED) is 0.805. The molecule has 5 nitrogen and oxygen atoms in total. The summed E-state index contributed by atoms with van der Waals surface area (Å²) in [6, 6.07) is 9.07. The van der Waals surface area contributed by atoms with Crippen molar-refractivity contribution in [3.63, 3.8) is 0 Å². The van der Waals surface area contributed by atoms with Crippen molar-refractivity contribution in [1.29, 1.82) is 0 Å². The fourth-order valence-electron chi connectivity index (χ4n) is 1.87. The van der Waals surface area contributed by atoms with Crippen LogP contribution in [-0.2, 0) is 6.61 Å². The van der Waals surface area contributed by atoms with Gasteiger partial charge in [0.1, 0.15) is 12.4 Å². The van der Waals surface area contributed by atoms with Gasteiger partial charge in [-0.1, -0.05) is 11.6 Å². The van der Waals surface area contributed by atoms with Gasteiger partial charge in [0, 0.05) is 11.2 Å². The molecule has 2 heterocycles. The third kappa shape index (κ3) is 2.40. The highest BCUT2D eigenvalue weighted by Crippen LogP contribution is 2.18. The van der Waals surface area contributed by atoms with Crippen LogP contribution < -0.4 is 10.5 Å². The van der Waals surface area contributed by atoms with E-state index in [1.165, 1.54) is 0 Å². The van der Waals surface area contributed by atoms with E-state index in [4.69, 9.17) is 22.1 Å². The second-order valence-electron chi connectivity index (χ2n) is 4.50. The maximum absolute atomic E-state index is 5.91. The molecule has 0 saturated heterocycles. The lowest BCUT2D eigenvalue weighted by molar-refractivity contribution is 0.294. The first-order valence-corrected chi connectivity index (χ1v) is 6.49. The summed E-state index contributed by atoms with van der Waals surface area (Å²) >= 11 is 5.83. The number of rotatable bonds is 3. The largest absolute Gasteiger partial charge is 0.486 e. The van der Waals surface area contributed by atoms with Crippen LogP contribution in [0.5, 0.6) is 5.75 Å². The number of hydrogen-bond acceptors (Lipinski definition) is 4. The summed E-state index contributed by atoms with van der Waals surface area (Å²) in [7, 11) is 0. The molecular weight excluding hydrogens is 276 g/mol. The van der Waals surface area contributed by atoms with Crippen LogP contribution in [0, 0.1) is 6.92 Å². The molecule has 2 aromatic heterocycles. The number of nitrogen functional groups attached to an aromatic ring is 1. The number of nitrogens with two attached hydrogens (primary N) is 1. The minimum Gasteiger partial charge on any atom is -0.486 e. The van der Waals surface area contributed by atoms with Crippen molar-refractivity contribution < 1.29 is 4.74 Å². The number of fused-ring (bicyclic) bond motifs is 1. The molecule has 1 aromatic carbocycles. The van der Waals surface area contributed by atoms with Crippen molar-refractivity contribution >= 4 is 22.9 Å². The van der Waals surface area contributed by atoms with Gasteiger partial charge in [-0.2, -0.15) is 0 Å². The molecule has 0 radical (unpaired) electrons. The minimum atomic E-state index is 0.311. The molecule has 0 aliphatic rings. The van der Waals surface area contributed by atoms with Gasteiger partial charge in [0.25, 0.3) is 0 Å². The lowest BCUT2D eigenvalue weighted by Crippen LogP contribution is -2.02. The zero-order valence-electron chi connectivity index (χ0n) is 10.9.